The van der Waals surface area contributed by atoms with Crippen molar-refractivity contribution in [1.82, 2.24) is 14.6 Å². The van der Waals surface area contributed by atoms with E-state index in [0.717, 1.165) is 5.56 Å². The summed E-state index contributed by atoms with van der Waals surface area (Å²) in [6.45, 7) is 3.17. The van der Waals surface area contributed by atoms with Crippen LogP contribution in [0.25, 0.3) is 4.96 Å². The van der Waals surface area contributed by atoms with Crippen LogP contribution in [0.4, 0.5) is 5.13 Å². The molecule has 1 N–H and O–H groups in total. The average Bonchev–Trinajstić information content (AvgIpc) is 2.97. The van der Waals surface area contributed by atoms with Crippen LogP contribution in [0.5, 0.6) is 0 Å². The molecule has 0 fully saturated rings. The number of ether oxygens (including phenoxy) is 1. The van der Waals surface area contributed by atoms with Crippen LogP contribution in [0.1, 0.15) is 18.6 Å². The molecule has 0 amide bonds. The van der Waals surface area contributed by atoms with E-state index in [1.54, 1.807) is 0 Å². The molecular weight excluding hydrogens is 300 g/mol. The van der Waals surface area contributed by atoms with E-state index < -0.39 is 0 Å². The Hall–Kier alpha value is -2.25. The van der Waals surface area contributed by atoms with Crippen molar-refractivity contribution in [2.24, 2.45) is 0 Å². The molecule has 0 saturated heterocycles. The standard InChI is InChI=1S/C15H16N4O2S/c1-2-21-12(11-6-4-3-5-7-11)10-17-14-18-19-13(20)8-9-16-15(19)22-14/h3-9,12H,2,10H2,1H3,(H,17,18). The Bertz CT molecular complexity index is 800. The van der Waals surface area contributed by atoms with Gasteiger partial charge in [0, 0.05) is 25.4 Å². The summed E-state index contributed by atoms with van der Waals surface area (Å²) in [6.07, 6.45) is 1.43. The molecule has 0 aliphatic rings. The Labute approximate surface area is 131 Å². The van der Waals surface area contributed by atoms with E-state index in [4.69, 9.17) is 4.74 Å². The first-order valence-electron chi connectivity index (χ1n) is 7.03. The Balaban J connectivity index is 1.76. The summed E-state index contributed by atoms with van der Waals surface area (Å²) in [5.41, 5.74) is 0.923. The van der Waals surface area contributed by atoms with Crippen molar-refractivity contribution in [1.29, 1.82) is 0 Å². The predicted molar refractivity (Wildman–Crippen MR) is 86.4 cm³/mol. The third kappa shape index (κ3) is 3.15. The lowest BCUT2D eigenvalue weighted by molar-refractivity contribution is 0.0719. The van der Waals surface area contributed by atoms with Crippen molar-refractivity contribution in [2.75, 3.05) is 18.5 Å². The molecule has 22 heavy (non-hydrogen) atoms. The topological polar surface area (TPSA) is 68.5 Å². The van der Waals surface area contributed by atoms with Crippen LogP contribution in [0.2, 0.25) is 0 Å². The minimum absolute atomic E-state index is 0.0668. The molecule has 1 unspecified atom stereocenters. The lowest BCUT2D eigenvalue weighted by atomic mass is 10.1. The maximum absolute atomic E-state index is 11.7. The molecule has 0 aliphatic carbocycles. The van der Waals surface area contributed by atoms with E-state index in [9.17, 15) is 4.79 Å². The second kappa shape index (κ2) is 6.67. The van der Waals surface area contributed by atoms with Gasteiger partial charge >= 0.3 is 0 Å². The molecule has 1 aromatic carbocycles. The number of anilines is 1. The number of fused-ring (bicyclic) bond motifs is 1. The molecule has 0 aliphatic heterocycles. The fourth-order valence-electron chi connectivity index (χ4n) is 2.14. The van der Waals surface area contributed by atoms with Crippen LogP contribution in [0, 0.1) is 0 Å². The van der Waals surface area contributed by atoms with E-state index in [1.807, 2.05) is 37.3 Å². The molecular formula is C15H16N4O2S. The second-order valence-corrected chi connectivity index (χ2v) is 5.58. The monoisotopic (exact) mass is 316 g/mol. The minimum atomic E-state index is -0.182. The van der Waals surface area contributed by atoms with Gasteiger partial charge in [-0.15, -0.1) is 5.10 Å². The first kappa shape index (κ1) is 14.7. The number of benzene rings is 1. The Kier molecular flexibility index (Phi) is 4.45. The van der Waals surface area contributed by atoms with E-state index in [2.05, 4.69) is 15.4 Å². The maximum atomic E-state index is 11.7. The third-order valence-corrected chi connectivity index (χ3v) is 4.03. The van der Waals surface area contributed by atoms with Gasteiger partial charge in [0.1, 0.15) is 0 Å². The number of hydrogen-bond acceptors (Lipinski definition) is 6. The van der Waals surface area contributed by atoms with Gasteiger partial charge in [-0.2, -0.15) is 4.52 Å². The SMILES string of the molecule is CCOC(CNc1nn2c(=O)ccnc2s1)c1ccccc1. The van der Waals surface area contributed by atoms with Crippen LogP contribution >= 0.6 is 11.3 Å². The summed E-state index contributed by atoms with van der Waals surface area (Å²) < 4.78 is 7.07. The van der Waals surface area contributed by atoms with Gasteiger partial charge in [0.2, 0.25) is 10.1 Å². The third-order valence-electron chi connectivity index (χ3n) is 3.15. The maximum Gasteiger partial charge on any atom is 0.275 e. The average molecular weight is 316 g/mol. The molecule has 0 radical (unpaired) electrons. The summed E-state index contributed by atoms with van der Waals surface area (Å²) in [5.74, 6) is 0. The van der Waals surface area contributed by atoms with Gasteiger partial charge in [-0.3, -0.25) is 4.79 Å². The molecule has 6 nitrogen and oxygen atoms in total. The summed E-state index contributed by atoms with van der Waals surface area (Å²) >= 11 is 1.34. The van der Waals surface area contributed by atoms with E-state index >= 15 is 0 Å². The van der Waals surface area contributed by atoms with E-state index in [1.165, 1.54) is 28.1 Å². The highest BCUT2D eigenvalue weighted by molar-refractivity contribution is 7.20. The quantitative estimate of drug-likeness (QED) is 0.756. The highest BCUT2D eigenvalue weighted by atomic mass is 32.1. The zero-order chi connectivity index (χ0) is 15.4. The van der Waals surface area contributed by atoms with Gasteiger partial charge in [-0.1, -0.05) is 41.7 Å². The number of nitrogens with zero attached hydrogens (tertiary/aromatic N) is 3. The highest BCUT2D eigenvalue weighted by Gasteiger charge is 2.13. The normalized spacial score (nSPS) is 12.4. The number of aromatic nitrogens is 3. The van der Waals surface area contributed by atoms with Crippen LogP contribution in [0.15, 0.2) is 47.4 Å². The largest absolute Gasteiger partial charge is 0.372 e. The number of hydrogen-bond donors (Lipinski definition) is 1. The second-order valence-electron chi connectivity index (χ2n) is 4.62. The lowest BCUT2D eigenvalue weighted by Gasteiger charge is -2.17. The first-order valence-corrected chi connectivity index (χ1v) is 7.85. The van der Waals surface area contributed by atoms with Crippen molar-refractivity contribution in [3.05, 3.63) is 58.5 Å². The van der Waals surface area contributed by atoms with Crippen LogP contribution in [-0.2, 0) is 4.74 Å². The van der Waals surface area contributed by atoms with Gasteiger partial charge in [-0.05, 0) is 12.5 Å². The van der Waals surface area contributed by atoms with Crippen LogP contribution in [0.3, 0.4) is 0 Å². The van der Waals surface area contributed by atoms with Crippen molar-refractivity contribution in [3.63, 3.8) is 0 Å². The summed E-state index contributed by atoms with van der Waals surface area (Å²) in [5, 5.41) is 8.11. The molecule has 0 bridgehead atoms. The van der Waals surface area contributed by atoms with Gasteiger partial charge < -0.3 is 10.1 Å². The molecule has 1 atom stereocenters. The fourth-order valence-corrected chi connectivity index (χ4v) is 2.92. The molecule has 2 aromatic heterocycles. The van der Waals surface area contributed by atoms with E-state index in [-0.39, 0.29) is 11.7 Å². The molecule has 3 aromatic rings. The Morgan fingerprint density at radius 2 is 2.14 bits per heavy atom. The molecule has 3 rings (SSSR count). The summed E-state index contributed by atoms with van der Waals surface area (Å²) in [7, 11) is 0. The molecule has 0 spiro atoms. The first-order chi connectivity index (χ1) is 10.8. The number of rotatable bonds is 6. The molecule has 7 heteroatoms. The predicted octanol–water partition coefficient (Wildman–Crippen LogP) is 2.34. The molecule has 114 valence electrons. The van der Waals surface area contributed by atoms with Crippen molar-refractivity contribution < 1.29 is 4.74 Å². The van der Waals surface area contributed by atoms with Crippen molar-refractivity contribution >= 4 is 21.4 Å². The summed E-state index contributed by atoms with van der Waals surface area (Å²) in [6, 6.07) is 11.4. The Morgan fingerprint density at radius 3 is 2.86 bits per heavy atom. The Morgan fingerprint density at radius 1 is 1.32 bits per heavy atom. The molecule has 2 heterocycles. The van der Waals surface area contributed by atoms with E-state index in [0.29, 0.717) is 23.2 Å². The lowest BCUT2D eigenvalue weighted by Crippen LogP contribution is -2.17. The fraction of sp³-hybridized carbons (Fsp3) is 0.267. The number of nitrogens with one attached hydrogen (secondary N) is 1. The summed E-state index contributed by atoms with van der Waals surface area (Å²) in [4.78, 5) is 16.4. The van der Waals surface area contributed by atoms with Gasteiger partial charge in [0.25, 0.3) is 5.56 Å². The zero-order valence-corrected chi connectivity index (χ0v) is 12.9. The van der Waals surface area contributed by atoms with Gasteiger partial charge in [-0.25, -0.2) is 4.98 Å². The van der Waals surface area contributed by atoms with Gasteiger partial charge in [0.15, 0.2) is 0 Å². The van der Waals surface area contributed by atoms with Crippen molar-refractivity contribution in [2.45, 2.75) is 13.0 Å². The highest BCUT2D eigenvalue weighted by Crippen LogP contribution is 2.20. The van der Waals surface area contributed by atoms with Crippen LogP contribution < -0.4 is 10.9 Å². The smallest absolute Gasteiger partial charge is 0.275 e. The van der Waals surface area contributed by atoms with Crippen LogP contribution in [-0.4, -0.2) is 27.7 Å². The van der Waals surface area contributed by atoms with Crippen molar-refractivity contribution in [3.8, 4) is 0 Å². The van der Waals surface area contributed by atoms with Gasteiger partial charge in [0.05, 0.1) is 6.10 Å². The molecule has 0 saturated carbocycles. The minimum Gasteiger partial charge on any atom is -0.372 e. The zero-order valence-electron chi connectivity index (χ0n) is 12.1.